The molecule has 0 radical (unpaired) electrons. The summed E-state index contributed by atoms with van der Waals surface area (Å²) in [6.07, 6.45) is 3.23. The highest BCUT2D eigenvalue weighted by molar-refractivity contribution is 5.78. The molecule has 3 aromatic rings. The second-order valence-electron chi connectivity index (χ2n) is 6.08. The molecule has 0 spiro atoms. The van der Waals surface area contributed by atoms with Gasteiger partial charge in [0.2, 0.25) is 0 Å². The van der Waals surface area contributed by atoms with Crippen LogP contribution in [0.1, 0.15) is 34.7 Å². The predicted octanol–water partition coefficient (Wildman–Crippen LogP) is 5.41. The van der Waals surface area contributed by atoms with Gasteiger partial charge < -0.3 is 0 Å². The highest BCUT2D eigenvalue weighted by atomic mass is 14.3. The van der Waals surface area contributed by atoms with Crippen molar-refractivity contribution in [2.45, 2.75) is 26.2 Å². The SMILES string of the molecule is CCc1ccc2c(c1Cc1ccccc1)Cc1ccccc1-2. The summed E-state index contributed by atoms with van der Waals surface area (Å²) in [6, 6.07) is 24.3. The summed E-state index contributed by atoms with van der Waals surface area (Å²) in [5.74, 6) is 0. The molecule has 0 saturated heterocycles. The third kappa shape index (κ3) is 2.16. The maximum Gasteiger partial charge on any atom is -0.00105 e. The van der Waals surface area contributed by atoms with E-state index in [-0.39, 0.29) is 0 Å². The smallest absolute Gasteiger partial charge is 0.00105 e. The van der Waals surface area contributed by atoms with E-state index >= 15 is 0 Å². The third-order valence-electron chi connectivity index (χ3n) is 4.81. The molecule has 0 heterocycles. The predicted molar refractivity (Wildman–Crippen MR) is 93.3 cm³/mol. The molecule has 0 saturated carbocycles. The summed E-state index contributed by atoms with van der Waals surface area (Å²) in [5, 5.41) is 0. The average molecular weight is 284 g/mol. The maximum absolute atomic E-state index is 2.33. The summed E-state index contributed by atoms with van der Waals surface area (Å²) in [7, 11) is 0. The molecular weight excluding hydrogens is 264 g/mol. The number of aryl methyl sites for hydroxylation is 1. The lowest BCUT2D eigenvalue weighted by molar-refractivity contribution is 1.03. The molecule has 0 atom stereocenters. The van der Waals surface area contributed by atoms with E-state index in [1.807, 2.05) is 0 Å². The molecule has 0 aromatic heterocycles. The Hall–Kier alpha value is -2.34. The van der Waals surface area contributed by atoms with Crippen molar-refractivity contribution in [3.8, 4) is 11.1 Å². The van der Waals surface area contributed by atoms with Gasteiger partial charge in [0.05, 0.1) is 0 Å². The molecule has 0 fully saturated rings. The first-order chi connectivity index (χ1) is 10.9. The number of benzene rings is 3. The Morgan fingerprint density at radius 1 is 0.773 bits per heavy atom. The van der Waals surface area contributed by atoms with Crippen LogP contribution in [0.25, 0.3) is 11.1 Å². The Bertz CT molecular complexity index is 813. The molecule has 22 heavy (non-hydrogen) atoms. The minimum absolute atomic E-state index is 1.04. The molecular formula is C22H20. The van der Waals surface area contributed by atoms with E-state index in [0.717, 1.165) is 19.3 Å². The lowest BCUT2D eigenvalue weighted by Crippen LogP contribution is -2.00. The second kappa shape index (κ2) is 5.46. The first-order valence-corrected chi connectivity index (χ1v) is 8.12. The summed E-state index contributed by atoms with van der Waals surface area (Å²) in [5.41, 5.74) is 10.3. The molecule has 3 aromatic carbocycles. The fourth-order valence-electron chi connectivity index (χ4n) is 3.67. The topological polar surface area (TPSA) is 0 Å². The third-order valence-corrected chi connectivity index (χ3v) is 4.81. The lowest BCUT2D eigenvalue weighted by Gasteiger charge is -2.14. The molecule has 1 aliphatic carbocycles. The van der Waals surface area contributed by atoms with Gasteiger partial charge in [0, 0.05) is 0 Å². The van der Waals surface area contributed by atoms with Gasteiger partial charge in [-0.15, -0.1) is 0 Å². The van der Waals surface area contributed by atoms with Gasteiger partial charge in [-0.05, 0) is 58.2 Å². The van der Waals surface area contributed by atoms with Crippen LogP contribution in [0.4, 0.5) is 0 Å². The summed E-state index contributed by atoms with van der Waals surface area (Å²) in [4.78, 5) is 0. The zero-order valence-corrected chi connectivity index (χ0v) is 13.0. The minimum Gasteiger partial charge on any atom is -0.0622 e. The Kier molecular flexibility index (Phi) is 3.31. The van der Waals surface area contributed by atoms with Crippen molar-refractivity contribution >= 4 is 0 Å². The van der Waals surface area contributed by atoms with Crippen molar-refractivity contribution in [1.82, 2.24) is 0 Å². The number of fused-ring (bicyclic) bond motifs is 3. The molecule has 4 rings (SSSR count). The van der Waals surface area contributed by atoms with Crippen LogP contribution in [0.2, 0.25) is 0 Å². The normalized spacial score (nSPS) is 12.0. The van der Waals surface area contributed by atoms with Crippen molar-refractivity contribution in [2.75, 3.05) is 0 Å². The molecule has 0 nitrogen and oxygen atoms in total. The van der Waals surface area contributed by atoms with Crippen LogP contribution in [0.15, 0.2) is 66.7 Å². The standard InChI is InChI=1S/C22H20/c1-2-17-12-13-20-19-11-7-6-10-18(19)15-22(20)21(17)14-16-8-4-3-5-9-16/h3-13H,2,14-15H2,1H3. The van der Waals surface area contributed by atoms with Gasteiger partial charge in [-0.3, -0.25) is 0 Å². The van der Waals surface area contributed by atoms with E-state index in [1.54, 1.807) is 11.1 Å². The van der Waals surface area contributed by atoms with Crippen molar-refractivity contribution < 1.29 is 0 Å². The molecule has 0 amide bonds. The summed E-state index contributed by atoms with van der Waals surface area (Å²) in [6.45, 7) is 2.26. The Balaban J connectivity index is 1.84. The van der Waals surface area contributed by atoms with E-state index in [4.69, 9.17) is 0 Å². The van der Waals surface area contributed by atoms with Crippen molar-refractivity contribution in [3.05, 3.63) is 94.5 Å². The highest BCUT2D eigenvalue weighted by Gasteiger charge is 2.22. The van der Waals surface area contributed by atoms with E-state index in [2.05, 4.69) is 73.7 Å². The lowest BCUT2D eigenvalue weighted by atomic mass is 9.90. The van der Waals surface area contributed by atoms with Gasteiger partial charge in [-0.25, -0.2) is 0 Å². The molecule has 0 heteroatoms. The van der Waals surface area contributed by atoms with Gasteiger partial charge in [0.1, 0.15) is 0 Å². The maximum atomic E-state index is 2.33. The number of hydrogen-bond acceptors (Lipinski definition) is 0. The fraction of sp³-hybridized carbons (Fsp3) is 0.182. The first-order valence-electron chi connectivity index (χ1n) is 8.12. The quantitative estimate of drug-likeness (QED) is 0.472. The van der Waals surface area contributed by atoms with E-state index in [0.29, 0.717) is 0 Å². The molecule has 0 bridgehead atoms. The van der Waals surface area contributed by atoms with Crippen LogP contribution in [0, 0.1) is 0 Å². The average Bonchev–Trinajstić information content (AvgIpc) is 2.95. The number of hydrogen-bond donors (Lipinski definition) is 0. The van der Waals surface area contributed by atoms with Crippen molar-refractivity contribution in [3.63, 3.8) is 0 Å². The Labute approximate surface area is 132 Å². The molecule has 108 valence electrons. The van der Waals surface area contributed by atoms with Gasteiger partial charge >= 0.3 is 0 Å². The minimum atomic E-state index is 1.04. The van der Waals surface area contributed by atoms with Crippen LogP contribution < -0.4 is 0 Å². The second-order valence-corrected chi connectivity index (χ2v) is 6.08. The van der Waals surface area contributed by atoms with Gasteiger partial charge in [0.25, 0.3) is 0 Å². The molecule has 0 N–H and O–H groups in total. The van der Waals surface area contributed by atoms with Crippen molar-refractivity contribution in [1.29, 1.82) is 0 Å². The van der Waals surface area contributed by atoms with E-state index < -0.39 is 0 Å². The van der Waals surface area contributed by atoms with Gasteiger partial charge in [0.15, 0.2) is 0 Å². The Morgan fingerprint density at radius 3 is 2.36 bits per heavy atom. The monoisotopic (exact) mass is 284 g/mol. The van der Waals surface area contributed by atoms with Gasteiger partial charge in [-0.2, -0.15) is 0 Å². The van der Waals surface area contributed by atoms with Crippen LogP contribution in [-0.2, 0) is 19.3 Å². The van der Waals surface area contributed by atoms with Crippen LogP contribution in [0.3, 0.4) is 0 Å². The van der Waals surface area contributed by atoms with Crippen molar-refractivity contribution in [2.24, 2.45) is 0 Å². The largest absolute Gasteiger partial charge is 0.0622 e. The number of rotatable bonds is 3. The molecule has 0 unspecified atom stereocenters. The summed E-state index contributed by atoms with van der Waals surface area (Å²) >= 11 is 0. The van der Waals surface area contributed by atoms with Crippen LogP contribution in [0.5, 0.6) is 0 Å². The zero-order valence-electron chi connectivity index (χ0n) is 13.0. The van der Waals surface area contributed by atoms with E-state index in [9.17, 15) is 0 Å². The fourth-order valence-corrected chi connectivity index (χ4v) is 3.67. The molecule has 0 aliphatic heterocycles. The molecule has 1 aliphatic rings. The van der Waals surface area contributed by atoms with Crippen LogP contribution in [-0.4, -0.2) is 0 Å². The Morgan fingerprint density at radius 2 is 1.55 bits per heavy atom. The highest BCUT2D eigenvalue weighted by Crippen LogP contribution is 2.40. The summed E-state index contributed by atoms with van der Waals surface area (Å²) < 4.78 is 0. The zero-order chi connectivity index (χ0) is 14.9. The van der Waals surface area contributed by atoms with E-state index in [1.165, 1.54) is 27.8 Å². The van der Waals surface area contributed by atoms with Crippen LogP contribution >= 0.6 is 0 Å². The first kappa shape index (κ1) is 13.3. The van der Waals surface area contributed by atoms with Gasteiger partial charge in [-0.1, -0.05) is 73.7 Å².